The summed E-state index contributed by atoms with van der Waals surface area (Å²) in [6, 6.07) is 0.466. The van der Waals surface area contributed by atoms with Crippen molar-refractivity contribution >= 4 is 10.0 Å². The highest BCUT2D eigenvalue weighted by atomic mass is 32.2. The molecule has 1 saturated heterocycles. The molecule has 1 N–H and O–H groups in total. The Morgan fingerprint density at radius 3 is 2.53 bits per heavy atom. The van der Waals surface area contributed by atoms with E-state index in [-0.39, 0.29) is 5.25 Å². The Morgan fingerprint density at radius 1 is 1.41 bits per heavy atom. The molecule has 17 heavy (non-hydrogen) atoms. The monoisotopic (exact) mass is 262 g/mol. The van der Waals surface area contributed by atoms with E-state index in [0.29, 0.717) is 25.0 Å². The van der Waals surface area contributed by atoms with Crippen LogP contribution >= 0.6 is 0 Å². The maximum atomic E-state index is 12.1. The molecule has 1 aliphatic rings. The minimum Gasteiger partial charge on any atom is -0.314 e. The van der Waals surface area contributed by atoms with E-state index in [2.05, 4.69) is 19.2 Å². The number of rotatable bonds is 5. The Morgan fingerprint density at radius 2 is 2.06 bits per heavy atom. The lowest BCUT2D eigenvalue weighted by molar-refractivity contribution is 0.219. The summed E-state index contributed by atoms with van der Waals surface area (Å²) in [5.74, 6) is 0.392. The van der Waals surface area contributed by atoms with Gasteiger partial charge in [-0.1, -0.05) is 13.8 Å². The largest absolute Gasteiger partial charge is 0.314 e. The van der Waals surface area contributed by atoms with Gasteiger partial charge in [0.15, 0.2) is 0 Å². The van der Waals surface area contributed by atoms with Crippen LogP contribution in [0.3, 0.4) is 0 Å². The van der Waals surface area contributed by atoms with E-state index in [9.17, 15) is 8.42 Å². The maximum absolute atomic E-state index is 12.1. The van der Waals surface area contributed by atoms with Gasteiger partial charge < -0.3 is 5.32 Å². The highest BCUT2D eigenvalue weighted by Gasteiger charge is 2.33. The van der Waals surface area contributed by atoms with Crippen LogP contribution in [0.2, 0.25) is 0 Å². The van der Waals surface area contributed by atoms with Gasteiger partial charge in [0.2, 0.25) is 10.0 Å². The minimum atomic E-state index is -3.07. The average Bonchev–Trinajstić information content (AvgIpc) is 2.27. The molecule has 0 aromatic carbocycles. The van der Waals surface area contributed by atoms with E-state index >= 15 is 0 Å². The van der Waals surface area contributed by atoms with E-state index in [1.807, 2.05) is 0 Å². The van der Waals surface area contributed by atoms with Crippen LogP contribution in [-0.4, -0.2) is 43.6 Å². The fourth-order valence-corrected chi connectivity index (χ4v) is 3.67. The summed E-state index contributed by atoms with van der Waals surface area (Å²) in [6.07, 6.45) is 2.05. The summed E-state index contributed by atoms with van der Waals surface area (Å²) in [5, 5.41) is 3.19. The Balaban J connectivity index is 2.58. The normalized spacial score (nSPS) is 27.6. The summed E-state index contributed by atoms with van der Waals surface area (Å²) in [7, 11) is -3.07. The Labute approximate surface area is 106 Å². The molecule has 0 radical (unpaired) electrons. The van der Waals surface area contributed by atoms with E-state index < -0.39 is 10.0 Å². The first kappa shape index (κ1) is 14.9. The van der Waals surface area contributed by atoms with Crippen molar-refractivity contribution in [2.45, 2.75) is 51.8 Å². The summed E-state index contributed by atoms with van der Waals surface area (Å²) < 4.78 is 25.8. The van der Waals surface area contributed by atoms with Crippen molar-refractivity contribution in [3.05, 3.63) is 0 Å². The van der Waals surface area contributed by atoms with Crippen LogP contribution in [-0.2, 0) is 10.0 Å². The lowest BCUT2D eigenvalue weighted by atomic mass is 9.95. The van der Waals surface area contributed by atoms with Gasteiger partial charge in [0.1, 0.15) is 0 Å². The third-order valence-corrected chi connectivity index (χ3v) is 5.72. The van der Waals surface area contributed by atoms with Crippen molar-refractivity contribution in [1.29, 1.82) is 0 Å². The second kappa shape index (κ2) is 6.16. The molecule has 0 amide bonds. The molecule has 2 unspecified atom stereocenters. The number of sulfonamides is 1. The standard InChI is InChI=1S/C12H26N2O2S/c1-5-7-13-12-6-8-14(9-11(12)4)17(15,16)10(2)3/h10-13H,5-9H2,1-4H3. The zero-order valence-electron chi connectivity index (χ0n) is 11.4. The van der Waals surface area contributed by atoms with E-state index in [0.717, 1.165) is 19.4 Å². The first-order chi connectivity index (χ1) is 7.89. The van der Waals surface area contributed by atoms with Gasteiger partial charge in [-0.2, -0.15) is 0 Å². The van der Waals surface area contributed by atoms with Crippen molar-refractivity contribution in [2.75, 3.05) is 19.6 Å². The van der Waals surface area contributed by atoms with Gasteiger partial charge in [-0.3, -0.25) is 0 Å². The summed E-state index contributed by atoms with van der Waals surface area (Å²) in [6.45, 7) is 10.1. The predicted octanol–water partition coefficient (Wildman–Crippen LogP) is 1.43. The fraction of sp³-hybridized carbons (Fsp3) is 1.00. The summed E-state index contributed by atoms with van der Waals surface area (Å²) in [5.41, 5.74) is 0. The zero-order chi connectivity index (χ0) is 13.1. The number of hydrogen-bond donors (Lipinski definition) is 1. The quantitative estimate of drug-likeness (QED) is 0.815. The van der Waals surface area contributed by atoms with Gasteiger partial charge in [0.05, 0.1) is 5.25 Å². The highest BCUT2D eigenvalue weighted by Crippen LogP contribution is 2.21. The number of nitrogens with zero attached hydrogens (tertiary/aromatic N) is 1. The predicted molar refractivity (Wildman–Crippen MR) is 71.5 cm³/mol. The van der Waals surface area contributed by atoms with Gasteiger partial charge in [-0.25, -0.2) is 12.7 Å². The van der Waals surface area contributed by atoms with Gasteiger partial charge in [-0.05, 0) is 39.2 Å². The minimum absolute atomic E-state index is 0.310. The second-order valence-corrected chi connectivity index (χ2v) is 7.77. The number of piperidine rings is 1. The molecular formula is C12H26N2O2S. The first-order valence-electron chi connectivity index (χ1n) is 6.62. The molecule has 5 heteroatoms. The van der Waals surface area contributed by atoms with E-state index in [4.69, 9.17) is 0 Å². The number of nitrogens with one attached hydrogen (secondary N) is 1. The fourth-order valence-electron chi connectivity index (χ4n) is 2.27. The molecule has 2 atom stereocenters. The molecule has 0 aliphatic carbocycles. The van der Waals surface area contributed by atoms with Crippen LogP contribution in [0.5, 0.6) is 0 Å². The molecule has 0 bridgehead atoms. The summed E-state index contributed by atoms with van der Waals surface area (Å²) >= 11 is 0. The second-order valence-electron chi connectivity index (χ2n) is 5.28. The van der Waals surface area contributed by atoms with Crippen molar-refractivity contribution in [1.82, 2.24) is 9.62 Å². The molecule has 4 nitrogen and oxygen atoms in total. The van der Waals surface area contributed by atoms with Crippen LogP contribution in [0.1, 0.15) is 40.5 Å². The molecular weight excluding hydrogens is 236 g/mol. The summed E-state index contributed by atoms with van der Waals surface area (Å²) in [4.78, 5) is 0. The van der Waals surface area contributed by atoms with Crippen molar-refractivity contribution < 1.29 is 8.42 Å². The first-order valence-corrected chi connectivity index (χ1v) is 8.12. The van der Waals surface area contributed by atoms with Crippen molar-refractivity contribution in [3.8, 4) is 0 Å². The molecule has 1 rings (SSSR count). The van der Waals surface area contributed by atoms with Crippen LogP contribution in [0.25, 0.3) is 0 Å². The zero-order valence-corrected chi connectivity index (χ0v) is 12.3. The van der Waals surface area contributed by atoms with Crippen LogP contribution in [0.15, 0.2) is 0 Å². The number of hydrogen-bond acceptors (Lipinski definition) is 3. The third kappa shape index (κ3) is 3.66. The molecule has 0 aromatic heterocycles. The average molecular weight is 262 g/mol. The Kier molecular flexibility index (Phi) is 5.41. The molecule has 1 heterocycles. The smallest absolute Gasteiger partial charge is 0.216 e. The SMILES string of the molecule is CCCNC1CCN(S(=O)(=O)C(C)C)CC1C. The van der Waals surface area contributed by atoms with Crippen LogP contribution in [0, 0.1) is 5.92 Å². The lowest BCUT2D eigenvalue weighted by Crippen LogP contribution is -2.51. The van der Waals surface area contributed by atoms with Crippen LogP contribution in [0.4, 0.5) is 0 Å². The Bertz CT molecular complexity index is 327. The van der Waals surface area contributed by atoms with Crippen molar-refractivity contribution in [2.24, 2.45) is 5.92 Å². The third-order valence-electron chi connectivity index (χ3n) is 3.48. The van der Waals surface area contributed by atoms with Gasteiger partial charge >= 0.3 is 0 Å². The van der Waals surface area contributed by atoms with Gasteiger partial charge in [0, 0.05) is 19.1 Å². The highest BCUT2D eigenvalue weighted by molar-refractivity contribution is 7.89. The molecule has 0 aromatic rings. The van der Waals surface area contributed by atoms with E-state index in [1.165, 1.54) is 0 Å². The topological polar surface area (TPSA) is 49.4 Å². The molecule has 0 saturated carbocycles. The van der Waals surface area contributed by atoms with Crippen molar-refractivity contribution in [3.63, 3.8) is 0 Å². The Hall–Kier alpha value is -0.130. The van der Waals surface area contributed by atoms with E-state index in [1.54, 1.807) is 18.2 Å². The lowest BCUT2D eigenvalue weighted by Gasteiger charge is -2.37. The van der Waals surface area contributed by atoms with Gasteiger partial charge in [0.25, 0.3) is 0 Å². The molecule has 1 fully saturated rings. The maximum Gasteiger partial charge on any atom is 0.216 e. The molecule has 1 aliphatic heterocycles. The molecule has 102 valence electrons. The van der Waals surface area contributed by atoms with Crippen LogP contribution < -0.4 is 5.32 Å². The van der Waals surface area contributed by atoms with Gasteiger partial charge in [-0.15, -0.1) is 0 Å². The molecule has 0 spiro atoms.